The van der Waals surface area contributed by atoms with E-state index in [1.807, 2.05) is 21.1 Å². The molecule has 0 fully saturated rings. The Morgan fingerprint density at radius 2 is 0.648 bits per heavy atom. The molecule has 0 spiro atoms. The van der Waals surface area contributed by atoms with Gasteiger partial charge in [0, 0.05) is 12.8 Å². The lowest BCUT2D eigenvalue weighted by atomic mass is 10.0. The number of phosphoric ester groups is 1. The molecule has 0 bridgehead atoms. The third-order valence-electron chi connectivity index (χ3n) is 14.9. The molecule has 502 valence electrons. The first kappa shape index (κ1) is 83.9. The first-order valence-electron chi connectivity index (χ1n) is 35.6. The van der Waals surface area contributed by atoms with E-state index in [0.717, 1.165) is 122 Å². The number of esters is 2. The molecule has 2 unspecified atom stereocenters. The Kier molecular flexibility index (Phi) is 64.1. The van der Waals surface area contributed by atoms with E-state index < -0.39 is 26.5 Å². The fraction of sp³-hybridized carbons (Fsp3) is 0.667. The van der Waals surface area contributed by atoms with Crippen LogP contribution in [0.15, 0.2) is 146 Å². The van der Waals surface area contributed by atoms with Gasteiger partial charge in [0.05, 0.1) is 27.7 Å². The Balaban J connectivity index is 4.14. The molecule has 0 rings (SSSR count). The van der Waals surface area contributed by atoms with Crippen molar-refractivity contribution in [3.05, 3.63) is 146 Å². The zero-order valence-corrected chi connectivity index (χ0v) is 58.1. The number of unbranched alkanes of at least 4 members (excludes halogenated alkanes) is 26. The quantitative estimate of drug-likeness (QED) is 0.0211. The second kappa shape index (κ2) is 67.3. The minimum Gasteiger partial charge on any atom is -0.462 e. The Bertz CT molecular complexity index is 2000. The van der Waals surface area contributed by atoms with Crippen LogP contribution >= 0.6 is 7.82 Å². The largest absolute Gasteiger partial charge is 0.472 e. The van der Waals surface area contributed by atoms with Crippen LogP contribution in [0.2, 0.25) is 0 Å². The van der Waals surface area contributed by atoms with E-state index in [9.17, 15) is 19.0 Å². The van der Waals surface area contributed by atoms with Crippen molar-refractivity contribution >= 4 is 19.8 Å². The molecule has 10 heteroatoms. The number of quaternary nitrogens is 1. The maximum atomic E-state index is 12.9. The molecule has 1 N–H and O–H groups in total. The average molecular weight is 1240 g/mol. The van der Waals surface area contributed by atoms with Crippen LogP contribution in [0.1, 0.15) is 284 Å². The van der Waals surface area contributed by atoms with Crippen molar-refractivity contribution in [3.8, 4) is 0 Å². The summed E-state index contributed by atoms with van der Waals surface area (Å²) < 4.78 is 34.7. The number of allylic oxidation sites excluding steroid dienone is 24. The fourth-order valence-electron chi connectivity index (χ4n) is 9.43. The Morgan fingerprint density at radius 1 is 0.364 bits per heavy atom. The molecular weight excluding hydrogens is 1110 g/mol. The lowest BCUT2D eigenvalue weighted by Crippen LogP contribution is -2.37. The van der Waals surface area contributed by atoms with Gasteiger partial charge in [0.25, 0.3) is 0 Å². The van der Waals surface area contributed by atoms with Gasteiger partial charge in [-0.25, -0.2) is 4.57 Å². The van der Waals surface area contributed by atoms with Crippen molar-refractivity contribution in [2.75, 3.05) is 47.5 Å². The van der Waals surface area contributed by atoms with Crippen LogP contribution < -0.4 is 0 Å². The van der Waals surface area contributed by atoms with E-state index in [0.29, 0.717) is 17.4 Å². The Labute approximate surface area is 542 Å². The maximum absolute atomic E-state index is 12.9. The van der Waals surface area contributed by atoms with Gasteiger partial charge in [0.2, 0.25) is 0 Å². The zero-order valence-electron chi connectivity index (χ0n) is 57.2. The van der Waals surface area contributed by atoms with Crippen molar-refractivity contribution in [2.45, 2.75) is 290 Å². The number of phosphoric acid groups is 1. The monoisotopic (exact) mass is 1240 g/mol. The molecule has 0 saturated heterocycles. The highest BCUT2D eigenvalue weighted by molar-refractivity contribution is 7.47. The number of nitrogens with zero attached hydrogens (tertiary/aromatic N) is 1. The van der Waals surface area contributed by atoms with Crippen LogP contribution in [-0.2, 0) is 32.7 Å². The number of ether oxygens (including phenoxy) is 2. The summed E-state index contributed by atoms with van der Waals surface area (Å²) >= 11 is 0. The molecule has 9 nitrogen and oxygen atoms in total. The van der Waals surface area contributed by atoms with Crippen LogP contribution in [0.5, 0.6) is 0 Å². The summed E-state index contributed by atoms with van der Waals surface area (Å²) in [4.78, 5) is 35.9. The summed E-state index contributed by atoms with van der Waals surface area (Å²) in [7, 11) is 1.45. The van der Waals surface area contributed by atoms with E-state index in [1.165, 1.54) is 128 Å². The first-order chi connectivity index (χ1) is 43.0. The van der Waals surface area contributed by atoms with Gasteiger partial charge in [0.1, 0.15) is 19.8 Å². The summed E-state index contributed by atoms with van der Waals surface area (Å²) in [6, 6.07) is 0. The second-order valence-electron chi connectivity index (χ2n) is 24.5. The second-order valence-corrected chi connectivity index (χ2v) is 26.0. The normalized spacial score (nSPS) is 14.0. The summed E-state index contributed by atoms with van der Waals surface area (Å²) in [5.41, 5.74) is 0. The number of hydrogen-bond acceptors (Lipinski definition) is 7. The lowest BCUT2D eigenvalue weighted by Gasteiger charge is -2.24. The fourth-order valence-corrected chi connectivity index (χ4v) is 10.2. The Morgan fingerprint density at radius 3 is 0.966 bits per heavy atom. The van der Waals surface area contributed by atoms with Gasteiger partial charge >= 0.3 is 19.8 Å². The highest BCUT2D eigenvalue weighted by Crippen LogP contribution is 2.43. The number of carbonyl (C=O) groups is 2. The molecule has 0 aromatic rings. The predicted molar refractivity (Wildman–Crippen MR) is 380 cm³/mol. The predicted octanol–water partition coefficient (Wildman–Crippen LogP) is 23.4. The van der Waals surface area contributed by atoms with E-state index in [4.69, 9.17) is 18.5 Å². The molecule has 0 amide bonds. The Hall–Kier alpha value is -4.11. The molecular formula is C78H133NO8P+. The number of hydrogen-bond donors (Lipinski definition) is 1. The molecule has 88 heavy (non-hydrogen) atoms. The van der Waals surface area contributed by atoms with E-state index >= 15 is 0 Å². The minimum absolute atomic E-state index is 0.0205. The highest BCUT2D eigenvalue weighted by atomic mass is 31.2. The van der Waals surface area contributed by atoms with E-state index in [-0.39, 0.29) is 32.0 Å². The summed E-state index contributed by atoms with van der Waals surface area (Å²) in [6.45, 7) is 4.29. The first-order valence-corrected chi connectivity index (χ1v) is 37.1. The number of likely N-dealkylation sites (N-methyl/N-ethyl adjacent to an activating group) is 1. The van der Waals surface area contributed by atoms with Gasteiger partial charge in [-0.3, -0.25) is 18.6 Å². The van der Waals surface area contributed by atoms with Gasteiger partial charge in [-0.1, -0.05) is 295 Å². The van der Waals surface area contributed by atoms with Gasteiger partial charge in [-0.2, -0.15) is 0 Å². The van der Waals surface area contributed by atoms with Gasteiger partial charge < -0.3 is 18.9 Å². The molecule has 0 aliphatic rings. The van der Waals surface area contributed by atoms with Crippen LogP contribution in [0.4, 0.5) is 0 Å². The zero-order chi connectivity index (χ0) is 64.1. The van der Waals surface area contributed by atoms with Crippen LogP contribution in [0.25, 0.3) is 0 Å². The highest BCUT2D eigenvalue weighted by Gasteiger charge is 2.27. The molecule has 0 saturated carbocycles. The van der Waals surface area contributed by atoms with Gasteiger partial charge in [0.15, 0.2) is 6.10 Å². The smallest absolute Gasteiger partial charge is 0.462 e. The molecule has 2 atom stereocenters. The van der Waals surface area contributed by atoms with Crippen molar-refractivity contribution in [2.24, 2.45) is 0 Å². The summed E-state index contributed by atoms with van der Waals surface area (Å²) in [5, 5.41) is 0. The topological polar surface area (TPSA) is 108 Å². The summed E-state index contributed by atoms with van der Waals surface area (Å²) in [6.07, 6.45) is 99.5. The van der Waals surface area contributed by atoms with Gasteiger partial charge in [-0.05, 0) is 122 Å². The lowest BCUT2D eigenvalue weighted by molar-refractivity contribution is -0.870. The molecule has 0 aromatic carbocycles. The van der Waals surface area contributed by atoms with Crippen molar-refractivity contribution < 1.29 is 42.1 Å². The SMILES string of the molecule is CC/C=C\C/C=C\C/C=C\C/C=C\C/C=C\C/C=C\C/C=C\C/C=C\C/C=C\CCCCCCCC(=O)OC(COC(=O)CCCCCCCCCCCCCCCCCC/C=C\C/C=C\C/C=C\CCCCCCC)COP(=O)(O)OCC[N+](C)(C)C. The average Bonchev–Trinajstić information content (AvgIpc) is 3.56. The molecule has 0 aromatic heterocycles. The molecule has 0 aliphatic heterocycles. The third-order valence-corrected chi connectivity index (χ3v) is 15.8. The molecule has 0 aliphatic carbocycles. The third kappa shape index (κ3) is 71.0. The molecule has 0 radical (unpaired) electrons. The maximum Gasteiger partial charge on any atom is 0.472 e. The summed E-state index contributed by atoms with van der Waals surface area (Å²) in [5.74, 6) is -0.823. The van der Waals surface area contributed by atoms with Crippen molar-refractivity contribution in [1.82, 2.24) is 0 Å². The van der Waals surface area contributed by atoms with E-state index in [1.54, 1.807) is 0 Å². The minimum atomic E-state index is -4.41. The van der Waals surface area contributed by atoms with E-state index in [2.05, 4.69) is 160 Å². The van der Waals surface area contributed by atoms with Crippen LogP contribution in [0, 0.1) is 0 Å². The molecule has 0 heterocycles. The van der Waals surface area contributed by atoms with Crippen molar-refractivity contribution in [1.29, 1.82) is 0 Å². The number of rotatable bonds is 64. The van der Waals surface area contributed by atoms with Crippen LogP contribution in [-0.4, -0.2) is 74.9 Å². The number of carbonyl (C=O) groups excluding carboxylic acids is 2. The van der Waals surface area contributed by atoms with Crippen molar-refractivity contribution in [3.63, 3.8) is 0 Å². The van der Waals surface area contributed by atoms with Gasteiger partial charge in [-0.15, -0.1) is 0 Å². The standard InChI is InChI=1S/C78H132NO8P/c1-6-8-10-12-14-16-18-20-22-24-26-28-30-32-34-36-38-39-41-43-45-47-49-51-53-55-57-59-61-63-65-67-69-71-78(81)87-76(75-86-88(82,83)85-73-72-79(3,4)5)74-84-77(80)70-68-66-64-62-60-58-56-54-52-50-48-46-44-42-40-37-35-33-31-29-27-25-23-21-19-17-15-13-11-9-7-2/h8,10,14,16,19-22,25-28,31-34,38-39,43,45,49,51,55,57,76H,6-7,9,11-13,15,17-18,23-24,29-30,35-37,40-42,44,46-48,50,52-54,56,58-75H2,1-5H3/p+1/b10-8-,16-14-,21-19-,22-20-,27-25-,28-26-,33-31-,34-32-,39-38-,45-43-,51-49-,57-55-. The van der Waals surface area contributed by atoms with Crippen LogP contribution in [0.3, 0.4) is 0 Å².